The molecule has 0 bridgehead atoms. The van der Waals surface area contributed by atoms with E-state index >= 15 is 0 Å². The molecule has 1 atom stereocenters. The molecule has 2 fully saturated rings. The number of methoxy groups -OCH3 is 1. The van der Waals surface area contributed by atoms with Crippen LogP contribution in [0.1, 0.15) is 39.0 Å². The van der Waals surface area contributed by atoms with E-state index in [1.54, 1.807) is 47.0 Å². The van der Waals surface area contributed by atoms with E-state index in [1.165, 1.54) is 6.42 Å². The predicted octanol–water partition coefficient (Wildman–Crippen LogP) is 2.15. The highest BCUT2D eigenvalue weighted by Gasteiger charge is 2.36. The number of nitrogens with zero attached hydrogens (tertiary/aromatic N) is 3. The van der Waals surface area contributed by atoms with Gasteiger partial charge >= 0.3 is 0 Å². The van der Waals surface area contributed by atoms with Crippen molar-refractivity contribution in [2.75, 3.05) is 45.7 Å². The lowest BCUT2D eigenvalue weighted by Gasteiger charge is -2.40. The number of amides is 1. The Morgan fingerprint density at radius 2 is 1.70 bits per heavy atom. The van der Waals surface area contributed by atoms with Crippen molar-refractivity contribution in [1.29, 1.82) is 0 Å². The molecule has 1 aromatic rings. The van der Waals surface area contributed by atoms with E-state index < -0.39 is 10.2 Å². The maximum Gasteiger partial charge on any atom is 0.282 e. The molecule has 1 aliphatic heterocycles. The van der Waals surface area contributed by atoms with E-state index in [-0.39, 0.29) is 18.0 Å². The highest BCUT2D eigenvalue weighted by molar-refractivity contribution is 7.86. The summed E-state index contributed by atoms with van der Waals surface area (Å²) in [5.74, 6) is 0.632. The summed E-state index contributed by atoms with van der Waals surface area (Å²) in [4.78, 5) is 14.7. The summed E-state index contributed by atoms with van der Waals surface area (Å²) >= 11 is 0. The van der Waals surface area contributed by atoms with Gasteiger partial charge in [0.05, 0.1) is 13.2 Å². The summed E-state index contributed by atoms with van der Waals surface area (Å²) in [6.45, 7) is 3.74. The molecule has 1 unspecified atom stereocenters. The summed E-state index contributed by atoms with van der Waals surface area (Å²) in [5, 5.41) is 2.92. The molecule has 1 aromatic carbocycles. The fourth-order valence-corrected chi connectivity index (χ4v) is 5.80. The van der Waals surface area contributed by atoms with Gasteiger partial charge in [-0.2, -0.15) is 17.0 Å². The molecular weight excluding hydrogens is 404 g/mol. The molecule has 0 aromatic heterocycles. The highest BCUT2D eigenvalue weighted by atomic mass is 32.2. The minimum absolute atomic E-state index is 0.101. The van der Waals surface area contributed by atoms with Gasteiger partial charge in [0.25, 0.3) is 10.2 Å². The predicted molar refractivity (Wildman–Crippen MR) is 118 cm³/mol. The number of anilines is 1. The van der Waals surface area contributed by atoms with Crippen LogP contribution in [0.5, 0.6) is 5.75 Å². The monoisotopic (exact) mass is 438 g/mol. The van der Waals surface area contributed by atoms with Gasteiger partial charge in [-0.1, -0.05) is 19.3 Å². The number of hydrogen-bond acceptors (Lipinski definition) is 5. The quantitative estimate of drug-likeness (QED) is 0.705. The first-order valence-corrected chi connectivity index (χ1v) is 12.1. The second-order valence-electron chi connectivity index (χ2n) is 8.14. The second kappa shape index (κ2) is 10.1. The SMILES string of the molecule is COc1ccc(NC(=O)C(C)N2CCN(S(=O)(=O)N(C)C3CCCCC3)CC2)cc1. The number of carbonyl (C=O) groups is 1. The zero-order valence-electron chi connectivity index (χ0n) is 18.2. The van der Waals surface area contributed by atoms with Crippen molar-refractivity contribution in [3.05, 3.63) is 24.3 Å². The minimum Gasteiger partial charge on any atom is -0.497 e. The molecule has 1 saturated heterocycles. The lowest BCUT2D eigenvalue weighted by Crippen LogP contribution is -2.57. The summed E-state index contributed by atoms with van der Waals surface area (Å²) in [5.41, 5.74) is 0.711. The fraction of sp³-hybridized carbons (Fsp3) is 0.667. The van der Waals surface area contributed by atoms with E-state index in [9.17, 15) is 13.2 Å². The van der Waals surface area contributed by atoms with Gasteiger partial charge in [-0.15, -0.1) is 0 Å². The number of nitrogens with one attached hydrogen (secondary N) is 1. The first-order chi connectivity index (χ1) is 14.3. The largest absolute Gasteiger partial charge is 0.497 e. The van der Waals surface area contributed by atoms with Crippen LogP contribution in [0.3, 0.4) is 0 Å². The second-order valence-corrected chi connectivity index (χ2v) is 10.1. The molecule has 0 spiro atoms. The molecule has 1 heterocycles. The lowest BCUT2D eigenvalue weighted by molar-refractivity contribution is -0.121. The first kappa shape index (κ1) is 23.0. The van der Waals surface area contributed by atoms with Gasteiger partial charge < -0.3 is 10.1 Å². The van der Waals surface area contributed by atoms with Crippen LogP contribution in [0.15, 0.2) is 24.3 Å². The average molecular weight is 439 g/mol. The van der Waals surface area contributed by atoms with Crippen LogP contribution in [0.2, 0.25) is 0 Å². The Kier molecular flexibility index (Phi) is 7.73. The molecule has 9 heteroatoms. The first-order valence-electron chi connectivity index (χ1n) is 10.7. The smallest absolute Gasteiger partial charge is 0.282 e. The topological polar surface area (TPSA) is 82.2 Å². The van der Waals surface area contributed by atoms with Crippen LogP contribution in [0, 0.1) is 0 Å². The minimum atomic E-state index is -3.46. The molecule has 8 nitrogen and oxygen atoms in total. The molecule has 2 aliphatic rings. The highest BCUT2D eigenvalue weighted by Crippen LogP contribution is 2.25. The number of hydrogen-bond donors (Lipinski definition) is 1. The normalized spacial score (nSPS) is 20.8. The summed E-state index contributed by atoms with van der Waals surface area (Å²) in [6.07, 6.45) is 5.27. The van der Waals surface area contributed by atoms with Gasteiger partial charge in [0.2, 0.25) is 5.91 Å². The molecular formula is C21H34N4O4S. The maximum absolute atomic E-state index is 13.0. The number of carbonyl (C=O) groups excluding carboxylic acids is 1. The van der Waals surface area contributed by atoms with Crippen molar-refractivity contribution < 1.29 is 17.9 Å². The zero-order chi connectivity index (χ0) is 21.7. The van der Waals surface area contributed by atoms with Crippen molar-refractivity contribution in [2.45, 2.75) is 51.1 Å². The lowest BCUT2D eigenvalue weighted by atomic mass is 9.96. The van der Waals surface area contributed by atoms with Crippen LogP contribution in [0.25, 0.3) is 0 Å². The molecule has 30 heavy (non-hydrogen) atoms. The average Bonchev–Trinajstić information content (AvgIpc) is 2.79. The van der Waals surface area contributed by atoms with Gasteiger partial charge in [0.1, 0.15) is 5.75 Å². The van der Waals surface area contributed by atoms with Crippen LogP contribution < -0.4 is 10.1 Å². The molecule has 1 aliphatic carbocycles. The van der Waals surface area contributed by atoms with Crippen molar-refractivity contribution in [3.8, 4) is 5.75 Å². The fourth-order valence-electron chi connectivity index (χ4n) is 4.22. The number of benzene rings is 1. The van der Waals surface area contributed by atoms with Crippen molar-refractivity contribution in [1.82, 2.24) is 13.5 Å². The molecule has 0 radical (unpaired) electrons. The number of ether oxygens (including phenoxy) is 1. The Bertz CT molecular complexity index is 801. The van der Waals surface area contributed by atoms with E-state index in [4.69, 9.17) is 4.74 Å². The van der Waals surface area contributed by atoms with Gasteiger partial charge in [-0.3, -0.25) is 9.69 Å². The van der Waals surface area contributed by atoms with Gasteiger partial charge in [-0.05, 0) is 44.0 Å². The maximum atomic E-state index is 13.0. The Morgan fingerprint density at radius 1 is 1.10 bits per heavy atom. The van der Waals surface area contributed by atoms with Crippen LogP contribution in [-0.4, -0.2) is 80.3 Å². The van der Waals surface area contributed by atoms with Gasteiger partial charge in [0.15, 0.2) is 0 Å². The Morgan fingerprint density at radius 3 is 2.27 bits per heavy atom. The van der Waals surface area contributed by atoms with Gasteiger partial charge in [-0.25, -0.2) is 0 Å². The summed E-state index contributed by atoms with van der Waals surface area (Å²) in [7, 11) is -0.148. The van der Waals surface area contributed by atoms with Crippen LogP contribution in [0.4, 0.5) is 5.69 Å². The molecule has 3 rings (SSSR count). The zero-order valence-corrected chi connectivity index (χ0v) is 19.0. The van der Waals surface area contributed by atoms with Crippen molar-refractivity contribution in [3.63, 3.8) is 0 Å². The summed E-state index contributed by atoms with van der Waals surface area (Å²) < 4.78 is 34.3. The third-order valence-corrected chi connectivity index (χ3v) is 8.38. The van der Waals surface area contributed by atoms with Gasteiger partial charge in [0, 0.05) is 45.0 Å². The molecule has 1 saturated carbocycles. The van der Waals surface area contributed by atoms with E-state index in [2.05, 4.69) is 5.32 Å². The third-order valence-electron chi connectivity index (χ3n) is 6.34. The molecule has 1 amide bonds. The Balaban J connectivity index is 1.52. The van der Waals surface area contributed by atoms with Crippen LogP contribution in [-0.2, 0) is 15.0 Å². The van der Waals surface area contributed by atoms with Crippen molar-refractivity contribution in [2.24, 2.45) is 0 Å². The standard InChI is InChI=1S/C21H34N4O4S/c1-17(21(26)22-18-9-11-20(29-3)12-10-18)24-13-15-25(16-14-24)30(27,28)23(2)19-7-5-4-6-8-19/h9-12,17,19H,4-8,13-16H2,1-3H3,(H,22,26). The third kappa shape index (κ3) is 5.32. The summed E-state index contributed by atoms with van der Waals surface area (Å²) in [6, 6.07) is 6.97. The molecule has 1 N–H and O–H groups in total. The van der Waals surface area contributed by atoms with E-state index in [0.717, 1.165) is 31.4 Å². The Labute approximate surface area is 180 Å². The Hall–Kier alpha value is -1.68. The van der Waals surface area contributed by atoms with Crippen molar-refractivity contribution >= 4 is 21.8 Å². The number of piperazine rings is 1. The number of rotatable bonds is 7. The van der Waals surface area contributed by atoms with Crippen LogP contribution >= 0.6 is 0 Å². The van der Waals surface area contributed by atoms with E-state index in [0.29, 0.717) is 31.9 Å². The van der Waals surface area contributed by atoms with E-state index in [1.807, 2.05) is 11.8 Å². The molecule has 168 valence electrons.